The first kappa shape index (κ1) is 17.3. The number of likely N-dealkylation sites (tertiary alicyclic amines) is 1. The lowest BCUT2D eigenvalue weighted by Gasteiger charge is -2.41. The summed E-state index contributed by atoms with van der Waals surface area (Å²) in [5.41, 5.74) is -0.277. The molecule has 0 unspecified atom stereocenters. The molecular formula is C16H26N4O3. The van der Waals surface area contributed by atoms with Crippen LogP contribution in [-0.4, -0.2) is 45.1 Å². The number of amides is 2. The van der Waals surface area contributed by atoms with E-state index in [1.807, 2.05) is 41.5 Å². The lowest BCUT2D eigenvalue weighted by molar-refractivity contribution is -0.132. The third kappa shape index (κ3) is 4.03. The van der Waals surface area contributed by atoms with Crippen LogP contribution in [0, 0.1) is 6.92 Å². The van der Waals surface area contributed by atoms with Crippen molar-refractivity contribution in [3.63, 3.8) is 0 Å². The molecule has 2 amide bonds. The Labute approximate surface area is 136 Å². The molecule has 1 aliphatic heterocycles. The van der Waals surface area contributed by atoms with Gasteiger partial charge in [-0.1, -0.05) is 0 Å². The fourth-order valence-electron chi connectivity index (χ4n) is 2.38. The topological polar surface area (TPSA) is 87.3 Å². The highest BCUT2D eigenvalue weighted by Crippen LogP contribution is 2.24. The van der Waals surface area contributed by atoms with Crippen molar-refractivity contribution in [3.8, 4) is 0 Å². The second-order valence-electron chi connectivity index (χ2n) is 7.51. The number of aromatic amines is 1. The third-order valence-corrected chi connectivity index (χ3v) is 3.68. The molecule has 1 aliphatic rings. The molecule has 1 atom stereocenters. The molecule has 0 aromatic carbocycles. The minimum Gasteiger partial charge on any atom is -0.444 e. The van der Waals surface area contributed by atoms with Crippen LogP contribution in [0.1, 0.15) is 52.6 Å². The van der Waals surface area contributed by atoms with Gasteiger partial charge in [0.15, 0.2) is 0 Å². The highest BCUT2D eigenvalue weighted by atomic mass is 16.6. The molecule has 0 radical (unpaired) electrons. The summed E-state index contributed by atoms with van der Waals surface area (Å²) in [7, 11) is 0. The molecule has 7 nitrogen and oxygen atoms in total. The van der Waals surface area contributed by atoms with Crippen molar-refractivity contribution < 1.29 is 14.3 Å². The van der Waals surface area contributed by atoms with E-state index >= 15 is 0 Å². The maximum absolute atomic E-state index is 12.5. The van der Waals surface area contributed by atoms with Crippen molar-refractivity contribution in [1.29, 1.82) is 0 Å². The number of aromatic nitrogens is 2. The van der Waals surface area contributed by atoms with E-state index in [1.54, 1.807) is 6.20 Å². The van der Waals surface area contributed by atoms with Crippen molar-refractivity contribution in [2.45, 2.75) is 65.1 Å². The molecule has 1 saturated heterocycles. The van der Waals surface area contributed by atoms with Crippen LogP contribution in [0.2, 0.25) is 0 Å². The zero-order chi connectivity index (χ0) is 17.4. The SMILES string of the molecule is Cc1cnc(C(C)(C)NC(=O)[C@H]2CCN2C(=O)OC(C)(C)C)[nH]1. The van der Waals surface area contributed by atoms with E-state index < -0.39 is 23.3 Å². The van der Waals surface area contributed by atoms with Gasteiger partial charge in [0.25, 0.3) is 0 Å². The van der Waals surface area contributed by atoms with Gasteiger partial charge >= 0.3 is 6.09 Å². The van der Waals surface area contributed by atoms with E-state index in [0.29, 0.717) is 18.8 Å². The predicted octanol–water partition coefficient (Wildman–Crippen LogP) is 2.08. The molecule has 0 bridgehead atoms. The van der Waals surface area contributed by atoms with Crippen LogP contribution < -0.4 is 5.32 Å². The summed E-state index contributed by atoms with van der Waals surface area (Å²) in [6, 6.07) is -0.486. The Balaban J connectivity index is 1.99. The fourth-order valence-corrected chi connectivity index (χ4v) is 2.38. The molecule has 0 aliphatic carbocycles. The van der Waals surface area contributed by atoms with Crippen molar-refractivity contribution in [3.05, 3.63) is 17.7 Å². The standard InChI is InChI=1S/C16H26N4O3/c1-10-9-17-13(18-10)16(5,6)19-12(21)11-7-8-20(11)14(22)23-15(2,3)4/h9,11H,7-8H2,1-6H3,(H,17,18)(H,19,21)/t11-/m1/s1. The molecule has 128 valence electrons. The van der Waals surface area contributed by atoms with E-state index in [2.05, 4.69) is 15.3 Å². The summed E-state index contributed by atoms with van der Waals surface area (Å²) in [5.74, 6) is 0.493. The highest BCUT2D eigenvalue weighted by Gasteiger charge is 2.41. The summed E-state index contributed by atoms with van der Waals surface area (Å²) in [4.78, 5) is 33.5. The molecular weight excluding hydrogens is 296 g/mol. The summed E-state index contributed by atoms with van der Waals surface area (Å²) < 4.78 is 5.33. The molecule has 0 spiro atoms. The van der Waals surface area contributed by atoms with Crippen molar-refractivity contribution in [2.75, 3.05) is 6.54 Å². The highest BCUT2D eigenvalue weighted by molar-refractivity contribution is 5.87. The molecule has 23 heavy (non-hydrogen) atoms. The first-order chi connectivity index (χ1) is 10.5. The Bertz CT molecular complexity index is 601. The number of hydrogen-bond donors (Lipinski definition) is 2. The Hall–Kier alpha value is -2.05. The van der Waals surface area contributed by atoms with Crippen LogP contribution >= 0.6 is 0 Å². The van der Waals surface area contributed by atoms with E-state index in [-0.39, 0.29) is 5.91 Å². The molecule has 2 N–H and O–H groups in total. The number of aryl methyl sites for hydroxylation is 1. The summed E-state index contributed by atoms with van der Waals surface area (Å²) in [6.07, 6.45) is 1.91. The third-order valence-electron chi connectivity index (χ3n) is 3.68. The van der Waals surface area contributed by atoms with E-state index in [4.69, 9.17) is 4.74 Å². The van der Waals surface area contributed by atoms with Crippen LogP contribution in [-0.2, 0) is 15.1 Å². The van der Waals surface area contributed by atoms with Crippen LogP contribution in [0.4, 0.5) is 4.79 Å². The van der Waals surface area contributed by atoms with E-state index in [1.165, 1.54) is 4.90 Å². The summed E-state index contributed by atoms with van der Waals surface area (Å²) >= 11 is 0. The summed E-state index contributed by atoms with van der Waals surface area (Å²) in [6.45, 7) is 11.6. The normalized spacial score (nSPS) is 18.3. The van der Waals surface area contributed by atoms with Gasteiger partial charge < -0.3 is 15.0 Å². The number of carbonyl (C=O) groups excluding carboxylic acids is 2. The Morgan fingerprint density at radius 1 is 1.35 bits per heavy atom. The predicted molar refractivity (Wildman–Crippen MR) is 85.8 cm³/mol. The summed E-state index contributed by atoms with van der Waals surface area (Å²) in [5, 5.41) is 2.95. The number of carbonyl (C=O) groups is 2. The number of hydrogen-bond acceptors (Lipinski definition) is 4. The van der Waals surface area contributed by atoms with Gasteiger partial charge in [0.05, 0.1) is 5.54 Å². The average molecular weight is 322 g/mol. The van der Waals surface area contributed by atoms with Crippen LogP contribution in [0.5, 0.6) is 0 Å². The van der Waals surface area contributed by atoms with Gasteiger partial charge in [-0.05, 0) is 48.0 Å². The van der Waals surface area contributed by atoms with Crippen LogP contribution in [0.3, 0.4) is 0 Å². The average Bonchev–Trinajstić information content (AvgIpc) is 2.71. The quantitative estimate of drug-likeness (QED) is 0.892. The van der Waals surface area contributed by atoms with Crippen molar-refractivity contribution in [2.24, 2.45) is 0 Å². The number of nitrogens with one attached hydrogen (secondary N) is 2. The Kier molecular flexibility index (Phi) is 4.41. The molecule has 7 heteroatoms. The number of ether oxygens (including phenoxy) is 1. The van der Waals surface area contributed by atoms with Crippen molar-refractivity contribution >= 4 is 12.0 Å². The lowest BCUT2D eigenvalue weighted by Crippen LogP contribution is -2.61. The number of nitrogens with zero attached hydrogens (tertiary/aromatic N) is 2. The van der Waals surface area contributed by atoms with Gasteiger partial charge in [-0.25, -0.2) is 9.78 Å². The van der Waals surface area contributed by atoms with Crippen LogP contribution in [0.15, 0.2) is 6.20 Å². The minimum atomic E-state index is -0.638. The molecule has 1 aromatic heterocycles. The van der Waals surface area contributed by atoms with Gasteiger partial charge in [-0.3, -0.25) is 9.69 Å². The maximum atomic E-state index is 12.5. The molecule has 1 fully saturated rings. The molecule has 1 aromatic rings. The first-order valence-corrected chi connectivity index (χ1v) is 7.83. The lowest BCUT2D eigenvalue weighted by atomic mass is 9.99. The smallest absolute Gasteiger partial charge is 0.410 e. The fraction of sp³-hybridized carbons (Fsp3) is 0.688. The van der Waals surface area contributed by atoms with Gasteiger partial charge in [0.2, 0.25) is 5.91 Å². The zero-order valence-electron chi connectivity index (χ0n) is 14.7. The second-order valence-corrected chi connectivity index (χ2v) is 7.51. The molecule has 2 heterocycles. The molecule has 2 rings (SSSR count). The number of rotatable bonds is 3. The van der Waals surface area contributed by atoms with Gasteiger partial charge in [0.1, 0.15) is 17.5 Å². The maximum Gasteiger partial charge on any atom is 0.410 e. The largest absolute Gasteiger partial charge is 0.444 e. The van der Waals surface area contributed by atoms with Crippen LogP contribution in [0.25, 0.3) is 0 Å². The second kappa shape index (κ2) is 5.86. The first-order valence-electron chi connectivity index (χ1n) is 7.83. The van der Waals surface area contributed by atoms with Crippen molar-refractivity contribution in [1.82, 2.24) is 20.2 Å². The Morgan fingerprint density at radius 2 is 2.00 bits per heavy atom. The molecule has 0 saturated carbocycles. The van der Waals surface area contributed by atoms with Gasteiger partial charge in [0, 0.05) is 18.4 Å². The monoisotopic (exact) mass is 322 g/mol. The minimum absolute atomic E-state index is 0.193. The van der Waals surface area contributed by atoms with Gasteiger partial charge in [-0.15, -0.1) is 0 Å². The Morgan fingerprint density at radius 3 is 2.43 bits per heavy atom. The van der Waals surface area contributed by atoms with E-state index in [9.17, 15) is 9.59 Å². The zero-order valence-corrected chi connectivity index (χ0v) is 14.7. The number of H-pyrrole nitrogens is 1. The number of imidazole rings is 1. The van der Waals surface area contributed by atoms with Gasteiger partial charge in [-0.2, -0.15) is 0 Å². The van der Waals surface area contributed by atoms with E-state index in [0.717, 1.165) is 5.69 Å².